The lowest BCUT2D eigenvalue weighted by atomic mass is 9.80. The molecule has 1 aromatic carbocycles. The van der Waals surface area contributed by atoms with Crippen LogP contribution in [0.4, 0.5) is 5.69 Å². The maximum atomic E-state index is 10.2. The first-order valence-electron chi connectivity index (χ1n) is 7.24. The van der Waals surface area contributed by atoms with E-state index in [-0.39, 0.29) is 16.9 Å². The summed E-state index contributed by atoms with van der Waals surface area (Å²) in [6.45, 7) is 12.8. The molecule has 1 aliphatic rings. The van der Waals surface area contributed by atoms with Gasteiger partial charge in [-0.15, -0.1) is 0 Å². The Hall–Kier alpha value is -1.02. The highest BCUT2D eigenvalue weighted by molar-refractivity contribution is 5.49. The van der Waals surface area contributed by atoms with Crippen molar-refractivity contribution in [2.24, 2.45) is 5.41 Å². The van der Waals surface area contributed by atoms with Crippen molar-refractivity contribution in [2.75, 3.05) is 18.0 Å². The molecule has 0 saturated carbocycles. The Morgan fingerprint density at radius 2 is 1.74 bits per heavy atom. The Morgan fingerprint density at radius 1 is 1.16 bits per heavy atom. The molecule has 106 valence electrons. The zero-order valence-electron chi connectivity index (χ0n) is 12.9. The number of β-amino-alcohol motifs (C(OH)–C–C–N with tert-alkyl or cyclic N) is 1. The highest BCUT2D eigenvalue weighted by Crippen LogP contribution is 2.33. The van der Waals surface area contributed by atoms with Crippen molar-refractivity contribution in [2.45, 2.75) is 52.6 Å². The SMILES string of the molecule is CC(C)(C)c1ccc(N2CCC(C)(C)C(O)C2)cc1. The third-order valence-electron chi connectivity index (χ3n) is 4.42. The molecule has 1 fully saturated rings. The summed E-state index contributed by atoms with van der Waals surface area (Å²) >= 11 is 0. The lowest BCUT2D eigenvalue weighted by molar-refractivity contribution is 0.0351. The van der Waals surface area contributed by atoms with E-state index in [1.165, 1.54) is 11.3 Å². The maximum Gasteiger partial charge on any atom is 0.0766 e. The van der Waals surface area contributed by atoms with E-state index < -0.39 is 0 Å². The molecule has 0 bridgehead atoms. The fraction of sp³-hybridized carbons (Fsp3) is 0.647. The van der Waals surface area contributed by atoms with E-state index >= 15 is 0 Å². The van der Waals surface area contributed by atoms with Crippen LogP contribution in [0.2, 0.25) is 0 Å². The highest BCUT2D eigenvalue weighted by Gasteiger charge is 2.34. The van der Waals surface area contributed by atoms with Gasteiger partial charge < -0.3 is 10.0 Å². The molecule has 0 aliphatic carbocycles. The van der Waals surface area contributed by atoms with Crippen molar-refractivity contribution < 1.29 is 5.11 Å². The number of rotatable bonds is 1. The van der Waals surface area contributed by atoms with E-state index in [4.69, 9.17) is 0 Å². The molecule has 1 aliphatic heterocycles. The lowest BCUT2D eigenvalue weighted by Gasteiger charge is -2.42. The topological polar surface area (TPSA) is 23.5 Å². The molecule has 1 heterocycles. The number of aliphatic hydroxyl groups excluding tert-OH is 1. The molecule has 1 saturated heterocycles. The third kappa shape index (κ3) is 3.11. The zero-order chi connectivity index (χ0) is 14.3. The smallest absolute Gasteiger partial charge is 0.0766 e. The van der Waals surface area contributed by atoms with Crippen LogP contribution in [0.1, 0.15) is 46.6 Å². The summed E-state index contributed by atoms with van der Waals surface area (Å²) in [5.41, 5.74) is 2.82. The molecule has 1 aromatic rings. The number of hydrogen-bond acceptors (Lipinski definition) is 2. The minimum atomic E-state index is -0.247. The fourth-order valence-corrected chi connectivity index (χ4v) is 2.54. The normalized spacial score (nSPS) is 23.5. The molecule has 1 unspecified atom stereocenters. The lowest BCUT2D eigenvalue weighted by Crippen LogP contribution is -2.48. The van der Waals surface area contributed by atoms with Gasteiger partial charge in [0.15, 0.2) is 0 Å². The first kappa shape index (κ1) is 14.4. The van der Waals surface area contributed by atoms with Gasteiger partial charge in [0.25, 0.3) is 0 Å². The Morgan fingerprint density at radius 3 is 2.21 bits per heavy atom. The first-order valence-corrected chi connectivity index (χ1v) is 7.24. The Bertz CT molecular complexity index is 428. The summed E-state index contributed by atoms with van der Waals surface area (Å²) in [5, 5.41) is 10.2. The van der Waals surface area contributed by atoms with Gasteiger partial charge in [-0.2, -0.15) is 0 Å². The number of nitrogens with zero attached hydrogens (tertiary/aromatic N) is 1. The standard InChI is InChI=1S/C17H27NO/c1-16(2,3)13-6-8-14(9-7-13)18-11-10-17(4,5)15(19)12-18/h6-9,15,19H,10-12H2,1-5H3. The molecule has 0 aromatic heterocycles. The quantitative estimate of drug-likeness (QED) is 0.835. The van der Waals surface area contributed by atoms with Crippen molar-refractivity contribution in [3.63, 3.8) is 0 Å². The third-order valence-corrected chi connectivity index (χ3v) is 4.42. The van der Waals surface area contributed by atoms with Crippen molar-refractivity contribution in [1.82, 2.24) is 0 Å². The van der Waals surface area contributed by atoms with Crippen LogP contribution in [-0.4, -0.2) is 24.3 Å². The van der Waals surface area contributed by atoms with E-state index in [1.54, 1.807) is 0 Å². The molecule has 0 spiro atoms. The molecule has 0 amide bonds. The van der Waals surface area contributed by atoms with Gasteiger partial charge >= 0.3 is 0 Å². The van der Waals surface area contributed by atoms with Gasteiger partial charge in [0.05, 0.1) is 6.10 Å². The second kappa shape index (κ2) is 4.82. The van der Waals surface area contributed by atoms with Crippen LogP contribution in [0.15, 0.2) is 24.3 Å². The highest BCUT2D eigenvalue weighted by atomic mass is 16.3. The molecular weight excluding hydrogens is 234 g/mol. The predicted molar refractivity (Wildman–Crippen MR) is 81.8 cm³/mol. The van der Waals surface area contributed by atoms with Gasteiger partial charge in [-0.25, -0.2) is 0 Å². The van der Waals surface area contributed by atoms with Crippen LogP contribution in [0.3, 0.4) is 0 Å². The minimum Gasteiger partial charge on any atom is -0.391 e. The monoisotopic (exact) mass is 261 g/mol. The molecular formula is C17H27NO. The summed E-state index contributed by atoms with van der Waals surface area (Å²) in [5.74, 6) is 0. The van der Waals surface area contributed by atoms with E-state index in [0.29, 0.717) is 0 Å². The number of aliphatic hydroxyl groups is 1. The van der Waals surface area contributed by atoms with E-state index in [9.17, 15) is 5.11 Å². The predicted octanol–water partition coefficient (Wildman–Crippen LogP) is 3.58. The summed E-state index contributed by atoms with van der Waals surface area (Å²) in [7, 11) is 0. The molecule has 2 rings (SSSR count). The van der Waals surface area contributed by atoms with E-state index in [2.05, 4.69) is 63.8 Å². The van der Waals surface area contributed by atoms with Crippen molar-refractivity contribution in [3.8, 4) is 0 Å². The second-order valence-corrected chi connectivity index (χ2v) is 7.50. The number of hydrogen-bond donors (Lipinski definition) is 1. The number of benzene rings is 1. The van der Waals surface area contributed by atoms with Crippen LogP contribution in [0, 0.1) is 5.41 Å². The number of piperidine rings is 1. The summed E-state index contributed by atoms with van der Waals surface area (Å²) in [6.07, 6.45) is 0.790. The molecule has 2 heteroatoms. The van der Waals surface area contributed by atoms with Crippen molar-refractivity contribution >= 4 is 5.69 Å². The molecule has 0 radical (unpaired) electrons. The molecule has 19 heavy (non-hydrogen) atoms. The van der Waals surface area contributed by atoms with Crippen LogP contribution >= 0.6 is 0 Å². The Balaban J connectivity index is 2.12. The van der Waals surface area contributed by atoms with Gasteiger partial charge in [-0.05, 0) is 34.9 Å². The Kier molecular flexibility index (Phi) is 3.65. The average molecular weight is 261 g/mol. The Labute approximate surface area is 117 Å². The summed E-state index contributed by atoms with van der Waals surface area (Å²) in [4.78, 5) is 2.29. The van der Waals surface area contributed by atoms with Crippen molar-refractivity contribution in [3.05, 3.63) is 29.8 Å². The maximum absolute atomic E-state index is 10.2. The van der Waals surface area contributed by atoms with E-state index in [0.717, 1.165) is 19.5 Å². The number of anilines is 1. The molecule has 1 atom stereocenters. The van der Waals surface area contributed by atoms with Crippen molar-refractivity contribution in [1.29, 1.82) is 0 Å². The van der Waals surface area contributed by atoms with Crippen LogP contribution < -0.4 is 4.90 Å². The summed E-state index contributed by atoms with van der Waals surface area (Å²) in [6, 6.07) is 8.79. The summed E-state index contributed by atoms with van der Waals surface area (Å²) < 4.78 is 0. The zero-order valence-corrected chi connectivity index (χ0v) is 12.9. The van der Waals surface area contributed by atoms with Gasteiger partial charge in [-0.1, -0.05) is 46.8 Å². The first-order chi connectivity index (χ1) is 8.70. The largest absolute Gasteiger partial charge is 0.391 e. The van der Waals surface area contributed by atoms with Gasteiger partial charge in [-0.3, -0.25) is 0 Å². The van der Waals surface area contributed by atoms with Crippen LogP contribution in [0.5, 0.6) is 0 Å². The van der Waals surface area contributed by atoms with Gasteiger partial charge in [0.2, 0.25) is 0 Å². The van der Waals surface area contributed by atoms with Crippen LogP contribution in [0.25, 0.3) is 0 Å². The second-order valence-electron chi connectivity index (χ2n) is 7.50. The van der Waals surface area contributed by atoms with E-state index in [1.807, 2.05) is 0 Å². The van der Waals surface area contributed by atoms with Gasteiger partial charge in [0, 0.05) is 18.8 Å². The fourth-order valence-electron chi connectivity index (χ4n) is 2.54. The molecule has 1 N–H and O–H groups in total. The van der Waals surface area contributed by atoms with Crippen LogP contribution in [-0.2, 0) is 5.41 Å². The van der Waals surface area contributed by atoms with Gasteiger partial charge in [0.1, 0.15) is 0 Å². The minimum absolute atomic E-state index is 0.0435. The average Bonchev–Trinajstić information content (AvgIpc) is 2.32. The molecule has 2 nitrogen and oxygen atoms in total.